The number of aliphatic hydroxyl groups is 3. The van der Waals surface area contributed by atoms with Gasteiger partial charge < -0.3 is 20.4 Å². The number of aliphatic hydroxyl groups excluding tert-OH is 3. The molecule has 0 aromatic heterocycles. The zero-order valence-corrected chi connectivity index (χ0v) is 13.5. The zero-order chi connectivity index (χ0) is 16.4. The van der Waals surface area contributed by atoms with Crippen molar-refractivity contribution in [2.75, 3.05) is 19.8 Å². The van der Waals surface area contributed by atoms with Gasteiger partial charge in [-0.1, -0.05) is 13.8 Å². The van der Waals surface area contributed by atoms with Crippen molar-refractivity contribution in [2.24, 2.45) is 10.8 Å². The van der Waals surface area contributed by atoms with Crippen LogP contribution in [0.1, 0.15) is 65.2 Å². The number of carbonyl (C=O) groups is 1. The number of aliphatic carboxylic acids is 1. The van der Waals surface area contributed by atoms with E-state index in [0.29, 0.717) is 25.7 Å². The molecule has 0 rings (SSSR count). The van der Waals surface area contributed by atoms with Gasteiger partial charge in [0.05, 0.1) is 0 Å². The van der Waals surface area contributed by atoms with Crippen LogP contribution in [-0.2, 0) is 4.79 Å². The highest BCUT2D eigenvalue weighted by molar-refractivity contribution is 5.66. The predicted molar refractivity (Wildman–Crippen MR) is 82.0 cm³/mol. The summed E-state index contributed by atoms with van der Waals surface area (Å²) in [5, 5.41) is 36.5. The highest BCUT2D eigenvalue weighted by Gasteiger charge is 2.43. The smallest absolute Gasteiger partial charge is 0.303 e. The molecule has 0 atom stereocenters. The Bertz CT molecular complexity index is 267. The summed E-state index contributed by atoms with van der Waals surface area (Å²) < 4.78 is 0. The Hall–Kier alpha value is -0.650. The van der Waals surface area contributed by atoms with E-state index in [-0.39, 0.29) is 37.1 Å². The first-order chi connectivity index (χ1) is 9.85. The van der Waals surface area contributed by atoms with Crippen LogP contribution in [0.5, 0.6) is 0 Å². The van der Waals surface area contributed by atoms with Crippen LogP contribution in [0.15, 0.2) is 0 Å². The van der Waals surface area contributed by atoms with Crippen molar-refractivity contribution in [2.45, 2.75) is 65.2 Å². The zero-order valence-electron chi connectivity index (χ0n) is 13.5. The van der Waals surface area contributed by atoms with E-state index in [1.807, 2.05) is 0 Å². The van der Waals surface area contributed by atoms with Crippen LogP contribution in [0.3, 0.4) is 0 Å². The summed E-state index contributed by atoms with van der Waals surface area (Å²) in [7, 11) is 0. The van der Waals surface area contributed by atoms with Crippen molar-refractivity contribution < 1.29 is 25.2 Å². The maximum atomic E-state index is 10.9. The van der Waals surface area contributed by atoms with Gasteiger partial charge in [0.1, 0.15) is 0 Å². The fourth-order valence-corrected chi connectivity index (χ4v) is 3.33. The lowest BCUT2D eigenvalue weighted by molar-refractivity contribution is -0.138. The largest absolute Gasteiger partial charge is 0.481 e. The molecule has 0 spiro atoms. The molecule has 5 heteroatoms. The van der Waals surface area contributed by atoms with Gasteiger partial charge in [-0.15, -0.1) is 0 Å². The van der Waals surface area contributed by atoms with Gasteiger partial charge in [0.2, 0.25) is 0 Å². The Morgan fingerprint density at radius 3 is 1.48 bits per heavy atom. The first kappa shape index (κ1) is 20.3. The highest BCUT2D eigenvalue weighted by atomic mass is 16.4. The van der Waals surface area contributed by atoms with Crippen LogP contribution >= 0.6 is 0 Å². The Labute approximate surface area is 128 Å². The molecule has 0 bridgehead atoms. The molecule has 0 aromatic carbocycles. The average Bonchev–Trinajstić information content (AvgIpc) is 2.44. The molecule has 126 valence electrons. The molecule has 0 saturated carbocycles. The standard InChI is InChI=1S/C16H32O5/c1-15(2,10-6-14(20)21)16(7-3-11-17,8-4-12-18)9-5-13-19/h17-19H,3-13H2,1-2H3,(H,20,21). The van der Waals surface area contributed by atoms with Gasteiger partial charge >= 0.3 is 5.97 Å². The molecule has 5 nitrogen and oxygen atoms in total. The van der Waals surface area contributed by atoms with Gasteiger partial charge in [-0.05, 0) is 55.8 Å². The van der Waals surface area contributed by atoms with E-state index in [1.165, 1.54) is 0 Å². The second-order valence-electron chi connectivity index (χ2n) is 6.54. The van der Waals surface area contributed by atoms with Crippen LogP contribution in [0, 0.1) is 10.8 Å². The van der Waals surface area contributed by atoms with E-state index in [1.54, 1.807) is 0 Å². The lowest BCUT2D eigenvalue weighted by atomic mass is 9.57. The Balaban J connectivity index is 5.18. The number of carboxylic acid groups (broad SMARTS) is 1. The lowest BCUT2D eigenvalue weighted by Crippen LogP contribution is -2.39. The molecule has 0 aliphatic heterocycles. The van der Waals surface area contributed by atoms with E-state index in [0.717, 1.165) is 19.3 Å². The summed E-state index contributed by atoms with van der Waals surface area (Å²) >= 11 is 0. The van der Waals surface area contributed by atoms with E-state index >= 15 is 0 Å². The first-order valence-electron chi connectivity index (χ1n) is 7.89. The van der Waals surface area contributed by atoms with Crippen molar-refractivity contribution >= 4 is 5.97 Å². The number of carboxylic acids is 1. The van der Waals surface area contributed by atoms with Crippen molar-refractivity contribution in [1.82, 2.24) is 0 Å². The molecular weight excluding hydrogens is 272 g/mol. The van der Waals surface area contributed by atoms with Crippen LogP contribution in [0.2, 0.25) is 0 Å². The summed E-state index contributed by atoms with van der Waals surface area (Å²) in [6, 6.07) is 0. The summed E-state index contributed by atoms with van der Waals surface area (Å²) in [4.78, 5) is 10.9. The van der Waals surface area contributed by atoms with Crippen LogP contribution < -0.4 is 0 Å². The van der Waals surface area contributed by atoms with Gasteiger partial charge in [-0.3, -0.25) is 4.79 Å². The Morgan fingerprint density at radius 1 is 0.810 bits per heavy atom. The number of rotatable bonds is 13. The molecule has 0 aliphatic rings. The highest BCUT2D eigenvalue weighted by Crippen LogP contribution is 2.52. The maximum absolute atomic E-state index is 10.9. The van der Waals surface area contributed by atoms with Gasteiger partial charge in [0.25, 0.3) is 0 Å². The fraction of sp³-hybridized carbons (Fsp3) is 0.938. The molecule has 0 amide bonds. The topological polar surface area (TPSA) is 98.0 Å². The fourth-order valence-electron chi connectivity index (χ4n) is 3.33. The van der Waals surface area contributed by atoms with Gasteiger partial charge in [-0.2, -0.15) is 0 Å². The van der Waals surface area contributed by atoms with Crippen LogP contribution in [0.4, 0.5) is 0 Å². The second kappa shape index (κ2) is 10.1. The molecule has 21 heavy (non-hydrogen) atoms. The van der Waals surface area contributed by atoms with Gasteiger partial charge in [-0.25, -0.2) is 0 Å². The minimum absolute atomic E-state index is 0.106. The average molecular weight is 304 g/mol. The number of hydrogen-bond acceptors (Lipinski definition) is 4. The molecule has 0 radical (unpaired) electrons. The van der Waals surface area contributed by atoms with E-state index in [2.05, 4.69) is 13.8 Å². The van der Waals surface area contributed by atoms with E-state index in [9.17, 15) is 20.1 Å². The Morgan fingerprint density at radius 2 is 1.19 bits per heavy atom. The predicted octanol–water partition coefficient (Wildman–Crippen LogP) is 2.18. The lowest BCUT2D eigenvalue weighted by Gasteiger charge is -2.48. The van der Waals surface area contributed by atoms with Crippen LogP contribution in [0.25, 0.3) is 0 Å². The quantitative estimate of drug-likeness (QED) is 0.418. The molecule has 0 fully saturated rings. The van der Waals surface area contributed by atoms with Crippen molar-refractivity contribution in [3.8, 4) is 0 Å². The monoisotopic (exact) mass is 304 g/mol. The van der Waals surface area contributed by atoms with E-state index < -0.39 is 5.97 Å². The molecule has 0 aliphatic carbocycles. The summed E-state index contributed by atoms with van der Waals surface area (Å²) in [5.74, 6) is -0.802. The summed E-state index contributed by atoms with van der Waals surface area (Å²) in [6.45, 7) is 4.46. The van der Waals surface area contributed by atoms with Crippen molar-refractivity contribution in [3.63, 3.8) is 0 Å². The minimum atomic E-state index is -0.802. The third kappa shape index (κ3) is 6.76. The van der Waals surface area contributed by atoms with Gasteiger partial charge in [0.15, 0.2) is 0 Å². The maximum Gasteiger partial charge on any atom is 0.303 e. The van der Waals surface area contributed by atoms with Crippen molar-refractivity contribution in [1.29, 1.82) is 0 Å². The molecule has 0 heterocycles. The van der Waals surface area contributed by atoms with E-state index in [4.69, 9.17) is 5.11 Å². The van der Waals surface area contributed by atoms with Crippen molar-refractivity contribution in [3.05, 3.63) is 0 Å². The molecule has 4 N–H and O–H groups in total. The molecule has 0 aromatic rings. The third-order valence-electron chi connectivity index (χ3n) is 4.84. The summed E-state index contributed by atoms with van der Waals surface area (Å²) in [5.41, 5.74) is -0.373. The molecular formula is C16H32O5. The van der Waals surface area contributed by atoms with Gasteiger partial charge in [0, 0.05) is 26.2 Å². The minimum Gasteiger partial charge on any atom is -0.481 e. The third-order valence-corrected chi connectivity index (χ3v) is 4.84. The Kier molecular flexibility index (Phi) is 9.83. The molecule has 0 saturated heterocycles. The second-order valence-corrected chi connectivity index (χ2v) is 6.54. The van der Waals surface area contributed by atoms with Crippen LogP contribution in [-0.4, -0.2) is 46.2 Å². The SMILES string of the molecule is CC(C)(CCC(=O)O)C(CCCO)(CCCO)CCCO. The first-order valence-corrected chi connectivity index (χ1v) is 7.89. The molecule has 0 unspecified atom stereocenters. The number of hydrogen-bond donors (Lipinski definition) is 4. The normalized spacial score (nSPS) is 12.6. The summed E-state index contributed by atoms with van der Waals surface area (Å²) in [6.07, 6.45) is 5.02.